The summed E-state index contributed by atoms with van der Waals surface area (Å²) in [7, 11) is 9.86. The molecule has 7 aromatic rings. The molecule has 16 nitrogen and oxygen atoms in total. The van der Waals surface area contributed by atoms with Gasteiger partial charge in [-0.15, -0.1) is 0 Å². The number of hydrogen-bond acceptors (Lipinski definition) is 10. The Hall–Kier alpha value is -10.3. The lowest BCUT2D eigenvalue weighted by atomic mass is 10.1. The molecule has 9 heterocycles. The van der Waals surface area contributed by atoms with Gasteiger partial charge in [0, 0.05) is 57.1 Å². The van der Waals surface area contributed by atoms with E-state index in [9.17, 15) is 8.78 Å². The highest BCUT2D eigenvalue weighted by Gasteiger charge is 2.41. The number of hydrogen-bond donors (Lipinski definition) is 0. The van der Waals surface area contributed by atoms with Gasteiger partial charge in [0.2, 0.25) is 36.2 Å². The first-order valence-electron chi connectivity index (χ1n) is 24.8. The number of para-hydroxylation sites is 4. The van der Waals surface area contributed by atoms with Gasteiger partial charge in [0.05, 0.1) is 83.1 Å². The zero-order valence-electron chi connectivity index (χ0n) is 42.8. The smallest absolute Gasteiger partial charge is 0.452 e. The number of pyridine rings is 3. The quantitative estimate of drug-likeness (QED) is 0.0710. The second-order valence-electron chi connectivity index (χ2n) is 19.3. The van der Waals surface area contributed by atoms with Crippen LogP contribution in [0, 0.1) is 23.8 Å². The van der Waals surface area contributed by atoms with Crippen LogP contribution in [0.4, 0.5) is 80.1 Å². The van der Waals surface area contributed by atoms with Gasteiger partial charge in [-0.05, 0) is 57.7 Å². The van der Waals surface area contributed by atoms with Gasteiger partial charge >= 0.3 is 29.4 Å². The van der Waals surface area contributed by atoms with Crippen LogP contribution >= 0.6 is 0 Å². The normalized spacial score (nSPS) is 15.9. The minimum absolute atomic E-state index is 0.0267. The van der Waals surface area contributed by atoms with Gasteiger partial charge in [0.1, 0.15) is 5.69 Å². The SMILES string of the molecule is CN1C=CN(c2cc([N+]3=C=[N+](C)c4ccccc43)c([N+]3=C=[N+](C)C=C3)cc2Oc2cc([N+]3=C=[N+](C)C=C3)c(N3CN(C)c4ccccc43)cc2N2C=CN(c3cc(-c4cccc(-c5ccc(F)nc5F)n4)c(F)nc3F)C2)C1. The van der Waals surface area contributed by atoms with E-state index in [1.807, 2.05) is 137 Å². The van der Waals surface area contributed by atoms with Crippen molar-refractivity contribution in [1.29, 1.82) is 0 Å². The molecule has 0 spiro atoms. The van der Waals surface area contributed by atoms with Crippen molar-refractivity contribution in [3.63, 3.8) is 0 Å². The number of anilines is 6. The van der Waals surface area contributed by atoms with Gasteiger partial charge in [-0.1, -0.05) is 48.6 Å². The molecule has 20 heteroatoms. The zero-order chi connectivity index (χ0) is 53.5. The molecule has 0 unspecified atom stereocenters. The minimum Gasteiger partial charge on any atom is -0.452 e. The van der Waals surface area contributed by atoms with E-state index in [0.717, 1.165) is 57.3 Å². The van der Waals surface area contributed by atoms with Crippen LogP contribution in [0.3, 0.4) is 0 Å². The van der Waals surface area contributed by atoms with Crippen molar-refractivity contribution in [3.05, 3.63) is 183 Å². The molecule has 382 valence electrons. The Bertz CT molecular complexity index is 4130. The van der Waals surface area contributed by atoms with Crippen LogP contribution in [0.25, 0.3) is 22.5 Å². The number of benzene rings is 4. The van der Waals surface area contributed by atoms with Gasteiger partial charge in [-0.25, -0.2) is 4.98 Å². The zero-order valence-corrected chi connectivity index (χ0v) is 42.8. The summed E-state index contributed by atoms with van der Waals surface area (Å²) in [5.41, 5.74) is 8.34. The molecule has 4 aromatic carbocycles. The monoisotopic (exact) mass is 1050 g/mol. The molecule has 0 saturated heterocycles. The molecule has 0 atom stereocenters. The molecular formula is C58H47F4N15O+6. The molecular weight excluding hydrogens is 999 g/mol. The molecule has 6 aliphatic heterocycles. The average molecular weight is 1050 g/mol. The lowest BCUT2D eigenvalue weighted by Gasteiger charge is -2.27. The number of ether oxygens (including phenoxy) is 1. The van der Waals surface area contributed by atoms with Crippen LogP contribution in [0.15, 0.2) is 159 Å². The summed E-state index contributed by atoms with van der Waals surface area (Å²) in [6.07, 6.45) is 15.2. The number of rotatable bonds is 11. The Morgan fingerprint density at radius 1 is 0.474 bits per heavy atom. The molecule has 0 N–H and O–H groups in total. The van der Waals surface area contributed by atoms with Crippen LogP contribution in [-0.2, 0) is 0 Å². The van der Waals surface area contributed by atoms with Gasteiger partial charge in [0.25, 0.3) is 29.5 Å². The second kappa shape index (κ2) is 18.5. The third kappa shape index (κ3) is 8.25. The van der Waals surface area contributed by atoms with Gasteiger partial charge in [-0.3, -0.25) is 0 Å². The Balaban J connectivity index is 0.970. The first-order chi connectivity index (χ1) is 37.8. The Labute approximate surface area is 445 Å². The average Bonchev–Trinajstić information content (AvgIpc) is 4.45. The molecule has 3 aromatic heterocycles. The molecule has 0 saturated carbocycles. The fraction of sp³-hybridized carbons (Fsp3) is 0.138. The maximum atomic E-state index is 16.2. The van der Waals surface area contributed by atoms with Crippen molar-refractivity contribution in [1.82, 2.24) is 24.4 Å². The van der Waals surface area contributed by atoms with E-state index in [0.29, 0.717) is 30.5 Å². The Morgan fingerprint density at radius 3 is 1.81 bits per heavy atom. The molecule has 0 radical (unpaired) electrons. The molecule has 0 aliphatic carbocycles. The molecule has 0 amide bonds. The van der Waals surface area contributed by atoms with Gasteiger partial charge in [0.15, 0.2) is 32.6 Å². The van der Waals surface area contributed by atoms with Crippen LogP contribution < -0.4 is 33.8 Å². The lowest BCUT2D eigenvalue weighted by Crippen LogP contribution is -2.27. The minimum atomic E-state index is -1.12. The Kier molecular flexibility index (Phi) is 11.3. The fourth-order valence-corrected chi connectivity index (χ4v) is 10.2. The number of aromatic nitrogens is 3. The highest BCUT2D eigenvalue weighted by Crippen LogP contribution is 2.51. The van der Waals surface area contributed by atoms with Crippen molar-refractivity contribution < 1.29 is 45.2 Å². The predicted octanol–water partition coefficient (Wildman–Crippen LogP) is 10.2. The highest BCUT2D eigenvalue weighted by atomic mass is 19.1. The number of halogens is 4. The van der Waals surface area contributed by atoms with E-state index in [4.69, 9.17) is 4.74 Å². The van der Waals surface area contributed by atoms with Crippen LogP contribution in [0.5, 0.6) is 11.5 Å². The molecule has 0 bridgehead atoms. The third-order valence-electron chi connectivity index (χ3n) is 14.0. The van der Waals surface area contributed by atoms with E-state index in [-0.39, 0.29) is 34.9 Å². The van der Waals surface area contributed by atoms with Crippen molar-refractivity contribution in [2.75, 3.05) is 79.7 Å². The van der Waals surface area contributed by atoms with Crippen LogP contribution in [0.2, 0.25) is 0 Å². The standard InChI is InChI=1S/C58H47F4N15O/c1-66-19-22-71(32-66)46-30-53(50(73-24-21-68(3)34-73)28-48(46)76-35-69(4)42-13-6-8-15-44(42)76)78-54-31-47(72-23-20-67(2)33-72)49(77-36-70(5)43-14-7-9-16-45(43)77)29-51(54)74-25-26-75(37-74)52-27-39(57(61)65-58(52)62)41-12-10-11-40(63-41)38-17-18-55(59)64-56(38)60/h6-31H,34,36-37H2,1-5H3/q+6. The summed E-state index contributed by atoms with van der Waals surface area (Å²) >= 11 is 0. The third-order valence-corrected chi connectivity index (χ3v) is 14.0. The first-order valence-corrected chi connectivity index (χ1v) is 24.8. The molecule has 6 aliphatic rings. The fourth-order valence-electron chi connectivity index (χ4n) is 10.2. The van der Waals surface area contributed by atoms with E-state index in [1.165, 1.54) is 24.3 Å². The number of fused-ring (bicyclic) bond motifs is 2. The Morgan fingerprint density at radius 2 is 1.10 bits per heavy atom. The summed E-state index contributed by atoms with van der Waals surface area (Å²) in [6.45, 7) is 1.08. The van der Waals surface area contributed by atoms with Crippen molar-refractivity contribution >= 4 is 80.6 Å². The van der Waals surface area contributed by atoms with Crippen LogP contribution in [0.1, 0.15) is 0 Å². The summed E-state index contributed by atoms with van der Waals surface area (Å²) in [6, 6.07) is 43.0. The lowest BCUT2D eigenvalue weighted by molar-refractivity contribution is -0.429. The van der Waals surface area contributed by atoms with E-state index in [2.05, 4.69) is 93.6 Å². The van der Waals surface area contributed by atoms with Gasteiger partial charge < -0.3 is 34.1 Å². The summed E-state index contributed by atoms with van der Waals surface area (Å²) < 4.78 is 79.7. The van der Waals surface area contributed by atoms with E-state index < -0.39 is 23.8 Å². The molecule has 0 fully saturated rings. The van der Waals surface area contributed by atoms with Crippen molar-refractivity contribution in [2.24, 2.45) is 0 Å². The predicted molar refractivity (Wildman–Crippen MR) is 288 cm³/mol. The maximum Gasteiger partial charge on any atom is 0.496 e. The summed E-state index contributed by atoms with van der Waals surface area (Å²) in [4.78, 5) is 23.6. The second-order valence-corrected chi connectivity index (χ2v) is 19.3. The van der Waals surface area contributed by atoms with Crippen molar-refractivity contribution in [2.45, 2.75) is 0 Å². The molecule has 78 heavy (non-hydrogen) atoms. The van der Waals surface area contributed by atoms with E-state index >= 15 is 8.78 Å². The summed E-state index contributed by atoms with van der Waals surface area (Å²) in [5.74, 6) is -3.31. The summed E-state index contributed by atoms with van der Waals surface area (Å²) in [5, 5.41) is 0. The van der Waals surface area contributed by atoms with Crippen molar-refractivity contribution in [3.8, 4) is 34.0 Å². The first kappa shape index (κ1) is 47.5. The number of nitrogens with zero attached hydrogens (tertiary/aromatic N) is 15. The largest absolute Gasteiger partial charge is 0.496 e. The van der Waals surface area contributed by atoms with Crippen LogP contribution in [-0.4, -0.2) is 116 Å². The van der Waals surface area contributed by atoms with Gasteiger partial charge in [-0.2, -0.15) is 27.5 Å². The topological polar surface area (TPSA) is 85.4 Å². The molecule has 13 rings (SSSR count). The maximum absolute atomic E-state index is 16.2. The van der Waals surface area contributed by atoms with E-state index in [1.54, 1.807) is 23.4 Å². The highest BCUT2D eigenvalue weighted by molar-refractivity contribution is 5.89.